The van der Waals surface area contributed by atoms with Crippen molar-refractivity contribution in [1.29, 1.82) is 0 Å². The van der Waals surface area contributed by atoms with Crippen molar-refractivity contribution in [2.24, 2.45) is 0 Å². The molecule has 1 saturated heterocycles. The van der Waals surface area contributed by atoms with E-state index in [1.165, 1.54) is 6.07 Å². The van der Waals surface area contributed by atoms with E-state index in [0.717, 1.165) is 25.6 Å². The second kappa shape index (κ2) is 5.52. The number of alkyl halides is 3. The Hall–Kier alpha value is -1.70. The lowest BCUT2D eigenvalue weighted by Gasteiger charge is -2.22. The largest absolute Gasteiger partial charge is 0.451 e. The Morgan fingerprint density at radius 3 is 2.84 bits per heavy atom. The fraction of sp³-hybridized carbons (Fsp3) is 0.545. The molecule has 104 valence electrons. The number of hydrogen-bond acceptors (Lipinski definition) is 4. The standard InChI is InChI=1S/C11H13F3N4O/c12-11(13,14)10-16-6-4-8(18-10)17-9(19)7-3-1-2-5-15-7/h4,6-7,15H,1-3,5H2,(H,16,17,18,19). The molecule has 1 aliphatic heterocycles. The number of carbonyl (C=O) groups excluding carboxylic acids is 1. The number of carbonyl (C=O) groups is 1. The van der Waals surface area contributed by atoms with Gasteiger partial charge in [0.05, 0.1) is 6.04 Å². The molecule has 0 aliphatic carbocycles. The fourth-order valence-electron chi connectivity index (χ4n) is 1.85. The third-order valence-electron chi connectivity index (χ3n) is 2.79. The normalized spacial score (nSPS) is 20.1. The molecular weight excluding hydrogens is 261 g/mol. The molecule has 19 heavy (non-hydrogen) atoms. The Kier molecular flexibility index (Phi) is 3.98. The van der Waals surface area contributed by atoms with Crippen LogP contribution in [0, 0.1) is 0 Å². The minimum atomic E-state index is -4.62. The Morgan fingerprint density at radius 2 is 2.21 bits per heavy atom. The van der Waals surface area contributed by atoms with Crippen molar-refractivity contribution in [3.8, 4) is 0 Å². The van der Waals surface area contributed by atoms with Gasteiger partial charge >= 0.3 is 6.18 Å². The summed E-state index contributed by atoms with van der Waals surface area (Å²) in [4.78, 5) is 18.2. The number of hydrogen-bond donors (Lipinski definition) is 2. The number of halogens is 3. The van der Waals surface area contributed by atoms with E-state index < -0.39 is 12.0 Å². The third kappa shape index (κ3) is 3.63. The van der Waals surface area contributed by atoms with Crippen molar-refractivity contribution in [3.05, 3.63) is 18.1 Å². The Morgan fingerprint density at radius 1 is 1.42 bits per heavy atom. The Balaban J connectivity index is 2.04. The van der Waals surface area contributed by atoms with Gasteiger partial charge in [0.15, 0.2) is 0 Å². The molecule has 5 nitrogen and oxygen atoms in total. The van der Waals surface area contributed by atoms with Crippen molar-refractivity contribution in [2.45, 2.75) is 31.5 Å². The molecule has 2 N–H and O–H groups in total. The smallest absolute Gasteiger partial charge is 0.309 e. The molecule has 8 heteroatoms. The number of amides is 1. The van der Waals surface area contributed by atoms with Gasteiger partial charge in [-0.25, -0.2) is 9.97 Å². The average Bonchev–Trinajstić information content (AvgIpc) is 2.39. The van der Waals surface area contributed by atoms with Crippen LogP contribution < -0.4 is 10.6 Å². The number of nitrogens with zero attached hydrogens (tertiary/aromatic N) is 2. The number of piperidine rings is 1. The summed E-state index contributed by atoms with van der Waals surface area (Å²) in [5.74, 6) is -1.77. The van der Waals surface area contributed by atoms with Crippen molar-refractivity contribution >= 4 is 11.7 Å². The summed E-state index contributed by atoms with van der Waals surface area (Å²) in [6.45, 7) is 0.732. The highest BCUT2D eigenvalue weighted by atomic mass is 19.4. The summed E-state index contributed by atoms with van der Waals surface area (Å²) in [6, 6.07) is 0.855. The van der Waals surface area contributed by atoms with Gasteiger partial charge in [-0.1, -0.05) is 6.42 Å². The maximum Gasteiger partial charge on any atom is 0.451 e. The number of anilines is 1. The van der Waals surface area contributed by atoms with E-state index in [-0.39, 0.29) is 17.8 Å². The van der Waals surface area contributed by atoms with E-state index in [9.17, 15) is 18.0 Å². The van der Waals surface area contributed by atoms with E-state index in [4.69, 9.17) is 0 Å². The molecule has 2 rings (SSSR count). The summed E-state index contributed by atoms with van der Waals surface area (Å²) in [5, 5.41) is 5.38. The van der Waals surface area contributed by atoms with E-state index >= 15 is 0 Å². The quantitative estimate of drug-likeness (QED) is 0.859. The predicted molar refractivity (Wildman–Crippen MR) is 61.3 cm³/mol. The van der Waals surface area contributed by atoms with E-state index in [0.29, 0.717) is 6.42 Å². The number of nitrogens with one attached hydrogen (secondary N) is 2. The van der Waals surface area contributed by atoms with Gasteiger partial charge in [-0.05, 0) is 25.5 Å². The van der Waals surface area contributed by atoms with E-state index in [1.54, 1.807) is 0 Å². The maximum atomic E-state index is 12.4. The highest BCUT2D eigenvalue weighted by Crippen LogP contribution is 2.26. The predicted octanol–water partition coefficient (Wildman–Crippen LogP) is 1.58. The van der Waals surface area contributed by atoms with Gasteiger partial charge in [0.25, 0.3) is 0 Å². The van der Waals surface area contributed by atoms with Crippen molar-refractivity contribution in [1.82, 2.24) is 15.3 Å². The zero-order valence-electron chi connectivity index (χ0n) is 10.00. The summed E-state index contributed by atoms with van der Waals surface area (Å²) in [5.41, 5.74) is 0. The molecular formula is C11H13F3N4O. The highest BCUT2D eigenvalue weighted by Gasteiger charge is 2.34. The summed E-state index contributed by atoms with van der Waals surface area (Å²) in [7, 11) is 0. The van der Waals surface area contributed by atoms with Crippen LogP contribution in [0.5, 0.6) is 0 Å². The molecule has 1 aliphatic rings. The van der Waals surface area contributed by atoms with Crippen molar-refractivity contribution < 1.29 is 18.0 Å². The van der Waals surface area contributed by atoms with E-state index in [1.807, 2.05) is 0 Å². The maximum absolute atomic E-state index is 12.4. The molecule has 0 spiro atoms. The molecule has 0 radical (unpaired) electrons. The first-order valence-electron chi connectivity index (χ1n) is 5.91. The minimum Gasteiger partial charge on any atom is -0.309 e. The van der Waals surface area contributed by atoms with Crippen molar-refractivity contribution in [2.75, 3.05) is 11.9 Å². The molecule has 2 heterocycles. The summed E-state index contributed by atoms with van der Waals surface area (Å²) in [6.07, 6.45) is -1.06. The molecule has 0 saturated carbocycles. The highest BCUT2D eigenvalue weighted by molar-refractivity contribution is 5.94. The molecule has 0 aromatic carbocycles. The summed E-state index contributed by atoms with van der Waals surface area (Å²) >= 11 is 0. The minimum absolute atomic E-state index is 0.139. The molecule has 1 aromatic heterocycles. The van der Waals surface area contributed by atoms with Gasteiger partial charge in [0.1, 0.15) is 5.82 Å². The van der Waals surface area contributed by atoms with Crippen LogP contribution in [0.4, 0.5) is 19.0 Å². The van der Waals surface area contributed by atoms with Crippen LogP contribution in [-0.2, 0) is 11.0 Å². The average molecular weight is 274 g/mol. The van der Waals surface area contributed by atoms with Crippen LogP contribution in [0.25, 0.3) is 0 Å². The lowest BCUT2D eigenvalue weighted by atomic mass is 10.0. The van der Waals surface area contributed by atoms with E-state index in [2.05, 4.69) is 20.6 Å². The molecule has 1 fully saturated rings. The van der Waals surface area contributed by atoms with Gasteiger partial charge in [-0.2, -0.15) is 13.2 Å². The van der Waals surface area contributed by atoms with Crippen LogP contribution in [0.2, 0.25) is 0 Å². The molecule has 1 aromatic rings. The van der Waals surface area contributed by atoms with Crippen LogP contribution >= 0.6 is 0 Å². The van der Waals surface area contributed by atoms with Crippen molar-refractivity contribution in [3.63, 3.8) is 0 Å². The first-order valence-corrected chi connectivity index (χ1v) is 5.91. The van der Waals surface area contributed by atoms with Crippen LogP contribution in [0.3, 0.4) is 0 Å². The van der Waals surface area contributed by atoms with Crippen LogP contribution in [0.1, 0.15) is 25.1 Å². The first kappa shape index (κ1) is 13.7. The lowest BCUT2D eigenvalue weighted by Crippen LogP contribution is -2.43. The van der Waals surface area contributed by atoms with Gasteiger partial charge in [-0.3, -0.25) is 4.79 Å². The first-order chi connectivity index (χ1) is 8.97. The molecule has 0 bridgehead atoms. The molecule has 1 atom stereocenters. The zero-order valence-corrected chi connectivity index (χ0v) is 10.00. The number of aromatic nitrogens is 2. The molecule has 1 amide bonds. The zero-order chi connectivity index (χ0) is 13.9. The monoisotopic (exact) mass is 274 g/mol. The van der Waals surface area contributed by atoms with Gasteiger partial charge < -0.3 is 10.6 Å². The second-order valence-electron chi connectivity index (χ2n) is 4.25. The Labute approximate surface area is 107 Å². The van der Waals surface area contributed by atoms with Crippen LogP contribution in [0.15, 0.2) is 12.3 Å². The topological polar surface area (TPSA) is 66.9 Å². The SMILES string of the molecule is O=C(Nc1ccnc(C(F)(F)F)n1)C1CCCCN1. The van der Waals surface area contributed by atoms with Crippen LogP contribution in [-0.4, -0.2) is 28.5 Å². The second-order valence-corrected chi connectivity index (χ2v) is 4.25. The number of rotatable bonds is 2. The Bertz CT molecular complexity index is 457. The van der Waals surface area contributed by atoms with Gasteiger partial charge in [0, 0.05) is 6.20 Å². The third-order valence-corrected chi connectivity index (χ3v) is 2.79. The molecule has 1 unspecified atom stereocenters. The lowest BCUT2D eigenvalue weighted by molar-refractivity contribution is -0.145. The fourth-order valence-corrected chi connectivity index (χ4v) is 1.85. The summed E-state index contributed by atoms with van der Waals surface area (Å²) < 4.78 is 37.2. The van der Waals surface area contributed by atoms with Gasteiger partial charge in [-0.15, -0.1) is 0 Å². The van der Waals surface area contributed by atoms with Gasteiger partial charge in [0.2, 0.25) is 11.7 Å².